The molecule has 0 bridgehead atoms. The third kappa shape index (κ3) is 1.65. The Labute approximate surface area is 92.9 Å². The Balaban J connectivity index is 2.78. The van der Waals surface area contributed by atoms with Crippen molar-refractivity contribution in [1.82, 2.24) is 4.98 Å². The summed E-state index contributed by atoms with van der Waals surface area (Å²) in [5, 5.41) is 0.611. The van der Waals surface area contributed by atoms with Gasteiger partial charge >= 0.3 is 0 Å². The van der Waals surface area contributed by atoms with Gasteiger partial charge in [-0.1, -0.05) is 25.2 Å². The lowest BCUT2D eigenvalue weighted by Crippen LogP contribution is -1.94. The highest BCUT2D eigenvalue weighted by Crippen LogP contribution is 2.37. The Hall–Kier alpha value is -1.29. The number of nitrogens with two attached hydrogens (primary N) is 1. The molecule has 0 saturated heterocycles. The second kappa shape index (κ2) is 3.70. The van der Waals surface area contributed by atoms with Gasteiger partial charge in [0.2, 0.25) is 0 Å². The van der Waals surface area contributed by atoms with Crippen molar-refractivity contribution in [2.45, 2.75) is 19.8 Å². The molecule has 1 heterocycles. The van der Waals surface area contributed by atoms with Crippen LogP contribution < -0.4 is 10.5 Å². The second-order valence-electron chi connectivity index (χ2n) is 3.74. The topological polar surface area (TPSA) is 48.1 Å². The molecule has 0 atom stereocenters. The summed E-state index contributed by atoms with van der Waals surface area (Å²) in [5.74, 6) is 1.32. The summed E-state index contributed by atoms with van der Waals surface area (Å²) in [5.41, 5.74) is 7.88. The molecule has 3 nitrogen and oxygen atoms in total. The maximum Gasteiger partial charge on any atom is 0.181 e. The SMILES string of the molecule is COc1ccc2nc(N)sc2c1C(C)C. The third-order valence-corrected chi connectivity index (χ3v) is 3.30. The lowest BCUT2D eigenvalue weighted by Gasteiger charge is -2.11. The van der Waals surface area contributed by atoms with Crippen LogP contribution in [0.4, 0.5) is 5.13 Å². The summed E-state index contributed by atoms with van der Waals surface area (Å²) >= 11 is 1.52. The summed E-state index contributed by atoms with van der Waals surface area (Å²) in [6.45, 7) is 4.29. The van der Waals surface area contributed by atoms with Gasteiger partial charge in [-0.05, 0) is 18.1 Å². The Morgan fingerprint density at radius 1 is 1.40 bits per heavy atom. The third-order valence-electron chi connectivity index (χ3n) is 2.37. The van der Waals surface area contributed by atoms with Crippen LogP contribution in [0.1, 0.15) is 25.3 Å². The minimum atomic E-state index is 0.406. The number of nitrogens with zero attached hydrogens (tertiary/aromatic N) is 1. The number of benzene rings is 1. The average Bonchev–Trinajstić information content (AvgIpc) is 2.55. The van der Waals surface area contributed by atoms with Crippen molar-refractivity contribution < 1.29 is 4.74 Å². The molecule has 0 aliphatic carbocycles. The van der Waals surface area contributed by atoms with Crippen molar-refractivity contribution in [3.8, 4) is 5.75 Å². The van der Waals surface area contributed by atoms with E-state index < -0.39 is 0 Å². The number of rotatable bonds is 2. The Morgan fingerprint density at radius 2 is 2.13 bits per heavy atom. The first-order valence-electron chi connectivity index (χ1n) is 4.86. The first-order chi connectivity index (χ1) is 7.13. The van der Waals surface area contributed by atoms with Crippen molar-refractivity contribution >= 4 is 26.7 Å². The van der Waals surface area contributed by atoms with E-state index >= 15 is 0 Å². The van der Waals surface area contributed by atoms with Crippen LogP contribution in [0.25, 0.3) is 10.2 Å². The lowest BCUT2D eigenvalue weighted by atomic mass is 10.0. The molecule has 0 radical (unpaired) electrons. The van der Waals surface area contributed by atoms with Crippen LogP contribution in [-0.2, 0) is 0 Å². The van der Waals surface area contributed by atoms with Crippen LogP contribution in [0.3, 0.4) is 0 Å². The molecule has 0 unspecified atom stereocenters. The van der Waals surface area contributed by atoms with Crippen LogP contribution in [0, 0.1) is 0 Å². The molecule has 2 aromatic rings. The second-order valence-corrected chi connectivity index (χ2v) is 4.77. The van der Waals surface area contributed by atoms with E-state index in [1.807, 2.05) is 12.1 Å². The standard InChI is InChI=1S/C11H14N2OS/c1-6(2)9-8(14-3)5-4-7-10(9)15-11(12)13-7/h4-6H,1-3H3,(H2,12,13). The highest BCUT2D eigenvalue weighted by atomic mass is 32.1. The Kier molecular flexibility index (Phi) is 2.52. The van der Waals surface area contributed by atoms with E-state index in [0.717, 1.165) is 16.0 Å². The van der Waals surface area contributed by atoms with E-state index in [1.54, 1.807) is 7.11 Å². The number of hydrogen-bond acceptors (Lipinski definition) is 4. The van der Waals surface area contributed by atoms with E-state index in [1.165, 1.54) is 16.9 Å². The zero-order valence-electron chi connectivity index (χ0n) is 9.07. The fraction of sp³-hybridized carbons (Fsp3) is 0.364. The maximum absolute atomic E-state index is 5.72. The summed E-state index contributed by atoms with van der Waals surface area (Å²) in [7, 11) is 1.69. The number of fused-ring (bicyclic) bond motifs is 1. The highest BCUT2D eigenvalue weighted by molar-refractivity contribution is 7.22. The predicted octanol–water partition coefficient (Wildman–Crippen LogP) is 3.01. The lowest BCUT2D eigenvalue weighted by molar-refractivity contribution is 0.408. The molecule has 0 saturated carbocycles. The van der Waals surface area contributed by atoms with Crippen molar-refractivity contribution in [2.24, 2.45) is 0 Å². The molecule has 80 valence electrons. The average molecular weight is 222 g/mol. The van der Waals surface area contributed by atoms with Crippen LogP contribution in [0.15, 0.2) is 12.1 Å². The molecular formula is C11H14N2OS. The number of nitrogen functional groups attached to an aromatic ring is 1. The zero-order valence-corrected chi connectivity index (χ0v) is 9.89. The number of anilines is 1. The predicted molar refractivity (Wildman–Crippen MR) is 64.7 cm³/mol. The molecule has 0 amide bonds. The molecule has 2 rings (SSSR count). The summed E-state index contributed by atoms with van der Waals surface area (Å²) in [6.07, 6.45) is 0. The van der Waals surface area contributed by atoms with Gasteiger partial charge in [0.05, 0.1) is 17.3 Å². The van der Waals surface area contributed by atoms with Gasteiger partial charge in [0.15, 0.2) is 5.13 Å². The smallest absolute Gasteiger partial charge is 0.181 e. The molecule has 1 aromatic heterocycles. The normalized spacial score (nSPS) is 11.2. The summed E-state index contributed by atoms with van der Waals surface area (Å²) < 4.78 is 6.50. The number of hydrogen-bond donors (Lipinski definition) is 1. The van der Waals surface area contributed by atoms with Gasteiger partial charge in [0.25, 0.3) is 0 Å². The fourth-order valence-corrected chi connectivity index (χ4v) is 2.75. The highest BCUT2D eigenvalue weighted by Gasteiger charge is 2.14. The van der Waals surface area contributed by atoms with Gasteiger partial charge in [0, 0.05) is 5.56 Å². The molecule has 0 fully saturated rings. The van der Waals surface area contributed by atoms with Gasteiger partial charge in [-0.15, -0.1) is 0 Å². The van der Waals surface area contributed by atoms with Gasteiger partial charge in [0.1, 0.15) is 5.75 Å². The number of thiazole rings is 1. The van der Waals surface area contributed by atoms with Crippen LogP contribution >= 0.6 is 11.3 Å². The van der Waals surface area contributed by atoms with Gasteiger partial charge in [-0.2, -0.15) is 0 Å². The van der Waals surface area contributed by atoms with E-state index in [-0.39, 0.29) is 0 Å². The molecule has 0 aliphatic heterocycles. The number of ether oxygens (including phenoxy) is 1. The first-order valence-corrected chi connectivity index (χ1v) is 5.68. The number of aromatic nitrogens is 1. The van der Waals surface area contributed by atoms with Crippen molar-refractivity contribution in [2.75, 3.05) is 12.8 Å². The maximum atomic E-state index is 5.72. The summed E-state index contributed by atoms with van der Waals surface area (Å²) in [6, 6.07) is 3.91. The molecular weight excluding hydrogens is 208 g/mol. The van der Waals surface area contributed by atoms with E-state index in [0.29, 0.717) is 11.0 Å². The van der Waals surface area contributed by atoms with Crippen molar-refractivity contribution in [3.05, 3.63) is 17.7 Å². The van der Waals surface area contributed by atoms with Crippen molar-refractivity contribution in [1.29, 1.82) is 0 Å². The largest absolute Gasteiger partial charge is 0.496 e. The summed E-state index contributed by atoms with van der Waals surface area (Å²) in [4.78, 5) is 4.27. The van der Waals surface area contributed by atoms with E-state index in [9.17, 15) is 0 Å². The number of methoxy groups -OCH3 is 1. The molecule has 0 spiro atoms. The first kappa shape index (κ1) is 10.2. The molecule has 0 aliphatic rings. The van der Waals surface area contributed by atoms with Crippen LogP contribution in [0.5, 0.6) is 5.75 Å². The molecule has 2 N–H and O–H groups in total. The molecule has 15 heavy (non-hydrogen) atoms. The minimum absolute atomic E-state index is 0.406. The van der Waals surface area contributed by atoms with E-state index in [4.69, 9.17) is 10.5 Å². The zero-order chi connectivity index (χ0) is 11.0. The Bertz CT molecular complexity index is 491. The van der Waals surface area contributed by atoms with Crippen LogP contribution in [0.2, 0.25) is 0 Å². The fourth-order valence-electron chi connectivity index (χ4n) is 1.74. The quantitative estimate of drug-likeness (QED) is 0.849. The van der Waals surface area contributed by atoms with Crippen LogP contribution in [-0.4, -0.2) is 12.1 Å². The molecule has 4 heteroatoms. The van der Waals surface area contributed by atoms with Crippen molar-refractivity contribution in [3.63, 3.8) is 0 Å². The van der Waals surface area contributed by atoms with Gasteiger partial charge < -0.3 is 10.5 Å². The molecule has 1 aromatic carbocycles. The minimum Gasteiger partial charge on any atom is -0.496 e. The van der Waals surface area contributed by atoms with Gasteiger partial charge in [-0.25, -0.2) is 4.98 Å². The monoisotopic (exact) mass is 222 g/mol. The van der Waals surface area contributed by atoms with Gasteiger partial charge in [-0.3, -0.25) is 0 Å². The van der Waals surface area contributed by atoms with E-state index in [2.05, 4.69) is 18.8 Å². The Morgan fingerprint density at radius 3 is 2.73 bits per heavy atom.